The van der Waals surface area contributed by atoms with Gasteiger partial charge in [0, 0.05) is 18.0 Å². The first-order valence-electron chi connectivity index (χ1n) is 12.5. The Bertz CT molecular complexity index is 1710. The molecule has 0 bridgehead atoms. The average Bonchev–Trinajstić information content (AvgIpc) is 3.44. The third-order valence-corrected chi connectivity index (χ3v) is 10.1. The van der Waals surface area contributed by atoms with E-state index in [1.807, 2.05) is 0 Å². The number of hydrogen-bond donors (Lipinski definition) is 7. The highest BCUT2D eigenvalue weighted by Gasteiger charge is 2.44. The Morgan fingerprint density at radius 3 is 2.56 bits per heavy atom. The molecule has 43 heavy (non-hydrogen) atoms. The summed E-state index contributed by atoms with van der Waals surface area (Å²) in [5, 5.41) is 0. The number of aromatic amines is 1. The van der Waals surface area contributed by atoms with Crippen LogP contribution in [0.3, 0.4) is 0 Å². The standard InChI is InChI=1S/C21H29N6O13P3/c1-11(22)6-12-4-2-3-5-14(12)15(28)7-13-8-17(27-10-24-18-19(27)25-21(23)26-20(18)29)38-16(13)9-37-42(33,34)40-43(35,36)39-41(30,31)32/h2-5,10-11,13,16-17H,6-9,22H2,1H3,(H,33,34)(H,35,36)(H2,30,31,32)(H3,23,25,26,29)/t11?,13-,16?,17-/m1/s1. The van der Waals surface area contributed by atoms with Crippen LogP contribution in [-0.4, -0.2) is 63.6 Å². The zero-order valence-electron chi connectivity index (χ0n) is 22.3. The number of ketones is 1. The fourth-order valence-electron chi connectivity index (χ4n) is 4.64. The van der Waals surface area contributed by atoms with Crippen LogP contribution in [0.1, 0.15) is 41.9 Å². The van der Waals surface area contributed by atoms with Gasteiger partial charge in [0.25, 0.3) is 5.56 Å². The van der Waals surface area contributed by atoms with Gasteiger partial charge in [-0.3, -0.25) is 23.7 Å². The summed E-state index contributed by atoms with van der Waals surface area (Å²) in [7, 11) is -16.8. The van der Waals surface area contributed by atoms with Crippen molar-refractivity contribution >= 4 is 46.4 Å². The van der Waals surface area contributed by atoms with E-state index in [0.29, 0.717) is 17.5 Å². The van der Waals surface area contributed by atoms with Gasteiger partial charge in [-0.1, -0.05) is 24.3 Å². The van der Waals surface area contributed by atoms with Crippen molar-refractivity contribution in [2.45, 2.75) is 44.6 Å². The number of nitrogens with one attached hydrogen (secondary N) is 1. The van der Waals surface area contributed by atoms with E-state index in [4.69, 9.17) is 30.5 Å². The number of carbonyl (C=O) groups excluding carboxylic acids is 1. The molecule has 2 aromatic heterocycles. The SMILES string of the molecule is CC(N)Cc1ccccc1C(=O)C[C@@H]1C[C@H](n2cnc3c(=O)[nH]c(N)nc32)OC1COP(=O)(O)OP(=O)(O)OP(=O)(O)O. The Hall–Kier alpha value is -2.63. The molecular formula is C21H29N6O13P3. The molecule has 4 unspecified atom stereocenters. The van der Waals surface area contributed by atoms with Crippen LogP contribution < -0.4 is 17.0 Å². The highest BCUT2D eigenvalue weighted by molar-refractivity contribution is 7.66. The van der Waals surface area contributed by atoms with Gasteiger partial charge in [0.15, 0.2) is 16.9 Å². The molecule has 1 aliphatic heterocycles. The highest BCUT2D eigenvalue weighted by Crippen LogP contribution is 2.66. The number of nitrogens with two attached hydrogens (primary N) is 2. The predicted octanol–water partition coefficient (Wildman–Crippen LogP) is 1.11. The molecule has 6 atom stereocenters. The topological polar surface area (TPSA) is 302 Å². The van der Waals surface area contributed by atoms with Gasteiger partial charge in [0.2, 0.25) is 5.95 Å². The number of carbonyl (C=O) groups is 1. The van der Waals surface area contributed by atoms with Crippen molar-refractivity contribution in [3.8, 4) is 0 Å². The molecule has 0 saturated carbocycles. The van der Waals surface area contributed by atoms with Gasteiger partial charge < -0.3 is 35.8 Å². The monoisotopic (exact) mass is 666 g/mol. The molecule has 236 valence electrons. The predicted molar refractivity (Wildman–Crippen MR) is 147 cm³/mol. The van der Waals surface area contributed by atoms with Crippen LogP contribution in [0.15, 0.2) is 35.4 Å². The van der Waals surface area contributed by atoms with Crippen LogP contribution in [0.5, 0.6) is 0 Å². The zero-order chi connectivity index (χ0) is 31.7. The molecule has 22 heteroatoms. The first-order valence-corrected chi connectivity index (χ1v) is 17.0. The maximum Gasteiger partial charge on any atom is 0.490 e. The van der Waals surface area contributed by atoms with Crippen LogP contribution in [0.4, 0.5) is 5.95 Å². The Morgan fingerprint density at radius 1 is 1.19 bits per heavy atom. The normalized spacial score (nSPS) is 22.7. The Balaban J connectivity index is 1.59. The molecule has 0 spiro atoms. The van der Waals surface area contributed by atoms with E-state index in [2.05, 4.69) is 23.6 Å². The zero-order valence-corrected chi connectivity index (χ0v) is 25.0. The minimum atomic E-state index is -5.75. The van der Waals surface area contributed by atoms with Crippen LogP contribution in [-0.2, 0) is 38.0 Å². The van der Waals surface area contributed by atoms with E-state index in [1.165, 1.54) is 10.9 Å². The summed E-state index contributed by atoms with van der Waals surface area (Å²) in [6, 6.07) is 6.62. The van der Waals surface area contributed by atoms with E-state index in [0.717, 1.165) is 0 Å². The number of H-pyrrole nitrogens is 1. The van der Waals surface area contributed by atoms with Crippen molar-refractivity contribution in [1.29, 1.82) is 0 Å². The van der Waals surface area contributed by atoms with Gasteiger partial charge in [-0.15, -0.1) is 0 Å². The van der Waals surface area contributed by atoms with Crippen molar-refractivity contribution in [1.82, 2.24) is 19.5 Å². The van der Waals surface area contributed by atoms with Crippen LogP contribution in [0, 0.1) is 5.92 Å². The average molecular weight is 666 g/mol. The minimum absolute atomic E-state index is 0.0491. The smallest absolute Gasteiger partial charge is 0.369 e. The van der Waals surface area contributed by atoms with Crippen molar-refractivity contribution in [2.24, 2.45) is 11.7 Å². The Morgan fingerprint density at radius 2 is 1.88 bits per heavy atom. The lowest BCUT2D eigenvalue weighted by Gasteiger charge is -2.21. The molecule has 1 fully saturated rings. The maximum atomic E-state index is 13.4. The number of fused-ring (bicyclic) bond motifs is 1. The number of phosphoric ester groups is 1. The van der Waals surface area contributed by atoms with Crippen LogP contribution >= 0.6 is 23.5 Å². The van der Waals surface area contributed by atoms with E-state index in [1.54, 1.807) is 31.2 Å². The number of imidazole rings is 1. The summed E-state index contributed by atoms with van der Waals surface area (Å²) in [5.74, 6) is -1.20. The first kappa shape index (κ1) is 33.3. The highest BCUT2D eigenvalue weighted by atomic mass is 31.3. The molecule has 3 heterocycles. The van der Waals surface area contributed by atoms with Gasteiger partial charge in [0.05, 0.1) is 19.0 Å². The summed E-state index contributed by atoms with van der Waals surface area (Å²) in [6.45, 7) is 0.999. The summed E-state index contributed by atoms with van der Waals surface area (Å²) >= 11 is 0. The number of anilines is 1. The second-order valence-corrected chi connectivity index (χ2v) is 14.2. The number of Topliss-reactive ketones (excluding diaryl/α,β-unsaturated/α-hetero) is 1. The molecule has 0 aliphatic carbocycles. The minimum Gasteiger partial charge on any atom is -0.369 e. The third kappa shape index (κ3) is 8.73. The maximum absolute atomic E-state index is 13.4. The van der Waals surface area contributed by atoms with E-state index in [9.17, 15) is 33.1 Å². The van der Waals surface area contributed by atoms with E-state index >= 15 is 0 Å². The fourth-order valence-corrected chi connectivity index (χ4v) is 7.67. The van der Waals surface area contributed by atoms with Gasteiger partial charge >= 0.3 is 23.5 Å². The number of rotatable bonds is 13. The molecule has 0 amide bonds. The summed E-state index contributed by atoms with van der Waals surface area (Å²) in [4.78, 5) is 73.0. The summed E-state index contributed by atoms with van der Waals surface area (Å²) < 4.78 is 54.7. The number of nitrogen functional groups attached to an aromatic ring is 1. The number of hydrogen-bond acceptors (Lipinski definition) is 13. The second-order valence-electron chi connectivity index (χ2n) is 9.75. The van der Waals surface area contributed by atoms with E-state index in [-0.39, 0.29) is 41.8 Å². The lowest BCUT2D eigenvalue weighted by molar-refractivity contribution is -0.0287. The van der Waals surface area contributed by atoms with E-state index < -0.39 is 53.9 Å². The van der Waals surface area contributed by atoms with Gasteiger partial charge in [-0.05, 0) is 31.2 Å². The van der Waals surface area contributed by atoms with Crippen molar-refractivity contribution in [3.05, 3.63) is 52.1 Å². The molecule has 1 saturated heterocycles. The van der Waals surface area contributed by atoms with Gasteiger partial charge in [0.1, 0.15) is 6.23 Å². The molecule has 1 aliphatic rings. The first-order chi connectivity index (χ1) is 19.9. The Kier molecular flexibility index (Phi) is 9.88. The van der Waals surface area contributed by atoms with Crippen LogP contribution in [0.2, 0.25) is 0 Å². The quantitative estimate of drug-likeness (QED) is 0.0992. The molecular weight excluding hydrogens is 637 g/mol. The Labute approximate surface area is 242 Å². The molecule has 3 aromatic rings. The molecule has 4 rings (SSSR count). The molecule has 0 radical (unpaired) electrons. The van der Waals surface area contributed by atoms with Crippen molar-refractivity contribution < 1.29 is 55.9 Å². The number of nitrogens with zero attached hydrogens (tertiary/aromatic N) is 3. The second kappa shape index (κ2) is 12.8. The van der Waals surface area contributed by atoms with Gasteiger partial charge in [-0.2, -0.15) is 13.6 Å². The molecule has 9 N–H and O–H groups in total. The lowest BCUT2D eigenvalue weighted by Crippen LogP contribution is -2.25. The lowest BCUT2D eigenvalue weighted by atomic mass is 9.89. The van der Waals surface area contributed by atoms with Crippen molar-refractivity contribution in [3.63, 3.8) is 0 Å². The largest absolute Gasteiger partial charge is 0.490 e. The number of aromatic nitrogens is 4. The molecule has 1 aromatic carbocycles. The third-order valence-electron chi connectivity index (χ3n) is 6.25. The summed E-state index contributed by atoms with van der Waals surface area (Å²) in [5.41, 5.74) is 12.1. The fraction of sp³-hybridized carbons (Fsp3) is 0.429. The van der Waals surface area contributed by atoms with Crippen molar-refractivity contribution in [2.75, 3.05) is 12.3 Å². The number of benzene rings is 1. The van der Waals surface area contributed by atoms with Crippen LogP contribution in [0.25, 0.3) is 11.2 Å². The molecule has 19 nitrogen and oxygen atoms in total. The number of ether oxygens (including phenoxy) is 1. The van der Waals surface area contributed by atoms with Gasteiger partial charge in [-0.25, -0.2) is 18.7 Å². The summed E-state index contributed by atoms with van der Waals surface area (Å²) in [6.07, 6.45) is -0.436. The number of phosphoric acid groups is 3.